The maximum atomic E-state index is 12.5. The number of benzene rings is 1. The van der Waals surface area contributed by atoms with E-state index in [2.05, 4.69) is 0 Å². The summed E-state index contributed by atoms with van der Waals surface area (Å²) in [6.07, 6.45) is 1.33. The first-order valence-corrected chi connectivity index (χ1v) is 8.62. The Labute approximate surface area is 119 Å². The zero-order chi connectivity index (χ0) is 14.8. The number of amides is 1. The molecule has 1 atom stereocenters. The van der Waals surface area contributed by atoms with Crippen molar-refractivity contribution >= 4 is 21.4 Å². The predicted molar refractivity (Wildman–Crippen MR) is 79.2 cm³/mol. The molecule has 1 heterocycles. The number of hydrogen-bond acceptors (Lipinski definition) is 4. The highest BCUT2D eigenvalue weighted by Crippen LogP contribution is 2.20. The minimum absolute atomic E-state index is 0.0771. The van der Waals surface area contributed by atoms with Crippen LogP contribution >= 0.6 is 0 Å². The van der Waals surface area contributed by atoms with E-state index in [9.17, 15) is 13.2 Å². The van der Waals surface area contributed by atoms with Crippen LogP contribution in [-0.2, 0) is 9.84 Å². The van der Waals surface area contributed by atoms with Crippen LogP contribution < -0.4 is 5.73 Å². The van der Waals surface area contributed by atoms with Crippen molar-refractivity contribution in [1.29, 1.82) is 0 Å². The highest BCUT2D eigenvalue weighted by molar-refractivity contribution is 7.91. The first-order chi connectivity index (χ1) is 9.43. The molecule has 0 radical (unpaired) electrons. The average molecular weight is 296 g/mol. The molecule has 1 aromatic rings. The van der Waals surface area contributed by atoms with Crippen molar-refractivity contribution in [2.24, 2.45) is 0 Å². The molecule has 1 unspecified atom stereocenters. The van der Waals surface area contributed by atoms with Crippen LogP contribution in [0, 0.1) is 0 Å². The van der Waals surface area contributed by atoms with E-state index in [0.717, 1.165) is 6.42 Å². The number of carbonyl (C=O) groups is 1. The van der Waals surface area contributed by atoms with E-state index in [1.54, 1.807) is 29.2 Å². The minimum atomic E-state index is -3.00. The highest BCUT2D eigenvalue weighted by Gasteiger charge is 2.34. The molecular formula is C14H20N2O3S. The number of anilines is 1. The standard InChI is InChI=1S/C14H20N2O3S/c1-2-8-16(13-7-9-20(18,19)10-13)14(17)11-3-5-12(15)6-4-11/h3-6,13H,2,7-10,15H2,1H3. The Morgan fingerprint density at radius 1 is 1.35 bits per heavy atom. The van der Waals surface area contributed by atoms with E-state index in [4.69, 9.17) is 5.73 Å². The van der Waals surface area contributed by atoms with Gasteiger partial charge in [0.15, 0.2) is 9.84 Å². The van der Waals surface area contributed by atoms with Gasteiger partial charge in [-0.15, -0.1) is 0 Å². The summed E-state index contributed by atoms with van der Waals surface area (Å²) in [6, 6.07) is 6.53. The second-order valence-electron chi connectivity index (χ2n) is 5.18. The molecule has 1 aliphatic heterocycles. The summed E-state index contributed by atoms with van der Waals surface area (Å²) in [4.78, 5) is 14.2. The van der Waals surface area contributed by atoms with Crippen LogP contribution in [0.5, 0.6) is 0 Å². The van der Waals surface area contributed by atoms with Crippen molar-refractivity contribution in [3.05, 3.63) is 29.8 Å². The molecule has 6 heteroatoms. The third kappa shape index (κ3) is 3.30. The lowest BCUT2D eigenvalue weighted by Crippen LogP contribution is -2.41. The first-order valence-electron chi connectivity index (χ1n) is 6.80. The summed E-state index contributed by atoms with van der Waals surface area (Å²) >= 11 is 0. The van der Waals surface area contributed by atoms with E-state index in [0.29, 0.717) is 24.2 Å². The van der Waals surface area contributed by atoms with Crippen LogP contribution in [0.1, 0.15) is 30.1 Å². The van der Waals surface area contributed by atoms with Gasteiger partial charge in [-0.2, -0.15) is 0 Å². The Balaban J connectivity index is 2.20. The van der Waals surface area contributed by atoms with Gasteiger partial charge in [0, 0.05) is 23.8 Å². The summed E-state index contributed by atoms with van der Waals surface area (Å²) in [7, 11) is -3.00. The number of sulfone groups is 1. The van der Waals surface area contributed by atoms with E-state index in [-0.39, 0.29) is 23.5 Å². The zero-order valence-corrected chi connectivity index (χ0v) is 12.4. The third-order valence-corrected chi connectivity index (χ3v) is 5.28. The van der Waals surface area contributed by atoms with Crippen molar-refractivity contribution in [1.82, 2.24) is 4.90 Å². The Hall–Kier alpha value is -1.56. The quantitative estimate of drug-likeness (QED) is 0.849. The fraction of sp³-hybridized carbons (Fsp3) is 0.500. The molecule has 0 aliphatic carbocycles. The number of rotatable bonds is 4. The lowest BCUT2D eigenvalue weighted by atomic mass is 10.1. The monoisotopic (exact) mass is 296 g/mol. The first kappa shape index (κ1) is 14.8. The minimum Gasteiger partial charge on any atom is -0.399 e. The fourth-order valence-corrected chi connectivity index (χ4v) is 4.23. The summed E-state index contributed by atoms with van der Waals surface area (Å²) in [5, 5.41) is 0. The SMILES string of the molecule is CCCN(C(=O)c1ccc(N)cc1)C1CCS(=O)(=O)C1. The predicted octanol–water partition coefficient (Wildman–Crippen LogP) is 1.31. The molecule has 0 saturated carbocycles. The van der Waals surface area contributed by atoms with Crippen molar-refractivity contribution in [3.63, 3.8) is 0 Å². The largest absolute Gasteiger partial charge is 0.399 e. The average Bonchev–Trinajstić information content (AvgIpc) is 2.76. The van der Waals surface area contributed by atoms with Gasteiger partial charge in [-0.05, 0) is 37.1 Å². The topological polar surface area (TPSA) is 80.5 Å². The van der Waals surface area contributed by atoms with E-state index < -0.39 is 9.84 Å². The van der Waals surface area contributed by atoms with Gasteiger partial charge in [0.25, 0.3) is 5.91 Å². The summed E-state index contributed by atoms with van der Waals surface area (Å²) in [6.45, 7) is 2.55. The lowest BCUT2D eigenvalue weighted by molar-refractivity contribution is 0.0697. The van der Waals surface area contributed by atoms with Gasteiger partial charge in [0.2, 0.25) is 0 Å². The zero-order valence-electron chi connectivity index (χ0n) is 11.6. The molecule has 0 aromatic heterocycles. The number of carbonyl (C=O) groups excluding carboxylic acids is 1. The van der Waals surface area contributed by atoms with Gasteiger partial charge in [0.05, 0.1) is 11.5 Å². The van der Waals surface area contributed by atoms with Crippen molar-refractivity contribution < 1.29 is 13.2 Å². The molecule has 0 bridgehead atoms. The van der Waals surface area contributed by atoms with E-state index in [1.807, 2.05) is 6.92 Å². The Morgan fingerprint density at radius 2 is 2.00 bits per heavy atom. The molecule has 2 N–H and O–H groups in total. The van der Waals surface area contributed by atoms with Crippen LogP contribution in [0.15, 0.2) is 24.3 Å². The molecule has 1 amide bonds. The maximum Gasteiger partial charge on any atom is 0.254 e. The van der Waals surface area contributed by atoms with Crippen LogP contribution in [0.2, 0.25) is 0 Å². The molecule has 0 spiro atoms. The van der Waals surface area contributed by atoms with E-state index in [1.165, 1.54) is 0 Å². The highest BCUT2D eigenvalue weighted by atomic mass is 32.2. The Kier molecular flexibility index (Phi) is 4.32. The molecule has 2 rings (SSSR count). The lowest BCUT2D eigenvalue weighted by Gasteiger charge is -2.28. The molecule has 1 fully saturated rings. The molecule has 1 saturated heterocycles. The molecule has 1 aliphatic rings. The van der Waals surface area contributed by atoms with E-state index >= 15 is 0 Å². The van der Waals surface area contributed by atoms with Crippen LogP contribution in [0.4, 0.5) is 5.69 Å². The molecule has 1 aromatic carbocycles. The second kappa shape index (κ2) is 5.83. The van der Waals surface area contributed by atoms with Crippen LogP contribution in [0.3, 0.4) is 0 Å². The molecule has 5 nitrogen and oxygen atoms in total. The summed E-state index contributed by atoms with van der Waals surface area (Å²) < 4.78 is 23.2. The van der Waals surface area contributed by atoms with Crippen LogP contribution in [0.25, 0.3) is 0 Å². The summed E-state index contributed by atoms with van der Waals surface area (Å²) in [5.74, 6) is 0.134. The Bertz CT molecular complexity index is 581. The maximum absolute atomic E-state index is 12.5. The normalized spacial score (nSPS) is 20.8. The third-order valence-electron chi connectivity index (χ3n) is 3.53. The van der Waals surface area contributed by atoms with Gasteiger partial charge < -0.3 is 10.6 Å². The van der Waals surface area contributed by atoms with Gasteiger partial charge >= 0.3 is 0 Å². The second-order valence-corrected chi connectivity index (χ2v) is 7.41. The van der Waals surface area contributed by atoms with Crippen molar-refractivity contribution in [3.8, 4) is 0 Å². The molecule has 110 valence electrons. The van der Waals surface area contributed by atoms with Gasteiger partial charge in [-0.1, -0.05) is 6.92 Å². The summed E-state index contributed by atoms with van der Waals surface area (Å²) in [5.41, 5.74) is 6.77. The van der Waals surface area contributed by atoms with Gasteiger partial charge in [-0.25, -0.2) is 8.42 Å². The molecular weight excluding hydrogens is 276 g/mol. The smallest absolute Gasteiger partial charge is 0.254 e. The molecule has 20 heavy (non-hydrogen) atoms. The number of nitrogens with two attached hydrogens (primary N) is 1. The number of nitrogens with zero attached hydrogens (tertiary/aromatic N) is 1. The van der Waals surface area contributed by atoms with Gasteiger partial charge in [-0.3, -0.25) is 4.79 Å². The number of nitrogen functional groups attached to an aromatic ring is 1. The fourth-order valence-electron chi connectivity index (χ4n) is 2.50. The van der Waals surface area contributed by atoms with Crippen molar-refractivity contribution in [2.75, 3.05) is 23.8 Å². The Morgan fingerprint density at radius 3 is 2.50 bits per heavy atom. The van der Waals surface area contributed by atoms with Crippen molar-refractivity contribution in [2.45, 2.75) is 25.8 Å². The van der Waals surface area contributed by atoms with Crippen LogP contribution in [-0.4, -0.2) is 43.3 Å². The van der Waals surface area contributed by atoms with Gasteiger partial charge in [0.1, 0.15) is 0 Å². The number of hydrogen-bond donors (Lipinski definition) is 1.